The van der Waals surface area contributed by atoms with Crippen LogP contribution in [-0.4, -0.2) is 6.04 Å². The van der Waals surface area contributed by atoms with E-state index in [1.165, 1.54) is 41.2 Å². The van der Waals surface area contributed by atoms with E-state index in [9.17, 15) is 0 Å². The Hall–Kier alpha value is -0.130. The molecule has 1 unspecified atom stereocenters. The van der Waals surface area contributed by atoms with E-state index in [0.29, 0.717) is 6.04 Å². The lowest BCUT2D eigenvalue weighted by Gasteiger charge is -2.29. The van der Waals surface area contributed by atoms with Crippen LogP contribution in [0.2, 0.25) is 0 Å². The zero-order valence-corrected chi connectivity index (χ0v) is 12.3. The summed E-state index contributed by atoms with van der Waals surface area (Å²) in [6.45, 7) is 0. The van der Waals surface area contributed by atoms with Gasteiger partial charge in [0.1, 0.15) is 0 Å². The Morgan fingerprint density at radius 3 is 2.41 bits per heavy atom. The van der Waals surface area contributed by atoms with Gasteiger partial charge in [-0.15, -0.1) is 0 Å². The summed E-state index contributed by atoms with van der Waals surface area (Å²) < 4.78 is 1.29. The molecule has 0 amide bonds. The van der Waals surface area contributed by atoms with Crippen molar-refractivity contribution in [1.29, 1.82) is 0 Å². The topological polar surface area (TPSA) is 38.0 Å². The lowest BCUT2D eigenvalue weighted by Crippen LogP contribution is -2.43. The minimum Gasteiger partial charge on any atom is -0.271 e. The molecule has 0 spiro atoms. The molecule has 0 aliphatic heterocycles. The molecule has 2 rings (SSSR count). The van der Waals surface area contributed by atoms with Crippen molar-refractivity contribution < 1.29 is 0 Å². The third kappa shape index (κ3) is 3.93. The number of rotatable bonds is 4. The minimum atomic E-state index is 0.440. The average Bonchev–Trinajstić information content (AvgIpc) is 2.39. The summed E-state index contributed by atoms with van der Waals surface area (Å²) in [4.78, 5) is 0. The molecule has 94 valence electrons. The van der Waals surface area contributed by atoms with Gasteiger partial charge >= 0.3 is 0 Å². The van der Waals surface area contributed by atoms with Crippen LogP contribution in [0.25, 0.3) is 0 Å². The van der Waals surface area contributed by atoms with Crippen molar-refractivity contribution in [2.45, 2.75) is 44.6 Å². The molecular weight excluding hydrogens is 323 g/mol. The molecule has 17 heavy (non-hydrogen) atoms. The maximum absolute atomic E-state index is 5.73. The third-order valence-electron chi connectivity index (χ3n) is 3.80. The molecule has 0 aromatic heterocycles. The third-order valence-corrected chi connectivity index (χ3v) is 4.52. The highest BCUT2D eigenvalue weighted by Gasteiger charge is 2.22. The smallest absolute Gasteiger partial charge is 0.0279 e. The van der Waals surface area contributed by atoms with Gasteiger partial charge in [0, 0.05) is 9.61 Å². The van der Waals surface area contributed by atoms with Gasteiger partial charge < -0.3 is 0 Å². The SMILES string of the molecule is NNC(Cc1ccc(I)cc1)C1CCCCC1. The van der Waals surface area contributed by atoms with Gasteiger partial charge in [-0.25, -0.2) is 0 Å². The highest BCUT2D eigenvalue weighted by molar-refractivity contribution is 14.1. The molecule has 0 heterocycles. The summed E-state index contributed by atoms with van der Waals surface area (Å²) in [5.41, 5.74) is 4.42. The Morgan fingerprint density at radius 1 is 1.18 bits per heavy atom. The molecule has 0 bridgehead atoms. The quantitative estimate of drug-likeness (QED) is 0.500. The molecule has 2 nitrogen and oxygen atoms in total. The largest absolute Gasteiger partial charge is 0.271 e. The van der Waals surface area contributed by atoms with Crippen LogP contribution in [0.3, 0.4) is 0 Å². The highest BCUT2D eigenvalue weighted by Crippen LogP contribution is 2.27. The second kappa shape index (κ2) is 6.71. The van der Waals surface area contributed by atoms with E-state index in [0.717, 1.165) is 12.3 Å². The Kier molecular flexibility index (Phi) is 5.25. The molecule has 3 N–H and O–H groups in total. The standard InChI is InChI=1S/C14H21IN2/c15-13-8-6-11(7-9-13)10-14(17-16)12-4-2-1-3-5-12/h6-9,12,14,17H,1-5,10,16H2. The molecular formula is C14H21IN2. The van der Waals surface area contributed by atoms with Crippen molar-refractivity contribution in [2.75, 3.05) is 0 Å². The van der Waals surface area contributed by atoms with Crippen molar-refractivity contribution in [3.05, 3.63) is 33.4 Å². The van der Waals surface area contributed by atoms with Gasteiger partial charge in [-0.3, -0.25) is 11.3 Å². The number of halogens is 1. The fourth-order valence-corrected chi connectivity index (χ4v) is 3.13. The van der Waals surface area contributed by atoms with Crippen molar-refractivity contribution in [2.24, 2.45) is 11.8 Å². The molecule has 1 atom stereocenters. The maximum Gasteiger partial charge on any atom is 0.0279 e. The van der Waals surface area contributed by atoms with Crippen LogP contribution in [0, 0.1) is 9.49 Å². The normalized spacial score (nSPS) is 19.2. The van der Waals surface area contributed by atoms with E-state index in [2.05, 4.69) is 52.3 Å². The number of hydrogen-bond acceptors (Lipinski definition) is 2. The van der Waals surface area contributed by atoms with E-state index in [4.69, 9.17) is 5.84 Å². The lowest BCUT2D eigenvalue weighted by molar-refractivity contribution is 0.268. The number of hydrogen-bond donors (Lipinski definition) is 2. The van der Waals surface area contributed by atoms with Crippen molar-refractivity contribution >= 4 is 22.6 Å². The first-order chi connectivity index (χ1) is 8.29. The monoisotopic (exact) mass is 344 g/mol. The van der Waals surface area contributed by atoms with E-state index in [1.807, 2.05) is 0 Å². The fourth-order valence-electron chi connectivity index (χ4n) is 2.77. The van der Waals surface area contributed by atoms with Crippen molar-refractivity contribution in [1.82, 2.24) is 5.43 Å². The first kappa shape index (κ1) is 13.3. The Bertz CT molecular complexity index is 331. The van der Waals surface area contributed by atoms with Gasteiger partial charge in [0.25, 0.3) is 0 Å². The number of nitrogens with one attached hydrogen (secondary N) is 1. The predicted molar refractivity (Wildman–Crippen MR) is 80.5 cm³/mol. The number of nitrogens with two attached hydrogens (primary N) is 1. The van der Waals surface area contributed by atoms with Crippen LogP contribution in [0.5, 0.6) is 0 Å². The molecule has 1 aromatic rings. The Morgan fingerprint density at radius 2 is 1.82 bits per heavy atom. The van der Waals surface area contributed by atoms with Gasteiger partial charge in [-0.2, -0.15) is 0 Å². The molecule has 3 heteroatoms. The summed E-state index contributed by atoms with van der Waals surface area (Å²) >= 11 is 2.34. The molecule has 1 aromatic carbocycles. The van der Waals surface area contributed by atoms with Gasteiger partial charge in [-0.1, -0.05) is 31.4 Å². The second-order valence-corrected chi connectivity index (χ2v) is 6.25. The highest BCUT2D eigenvalue weighted by atomic mass is 127. The fraction of sp³-hybridized carbons (Fsp3) is 0.571. The van der Waals surface area contributed by atoms with E-state index >= 15 is 0 Å². The Labute approximate surface area is 117 Å². The predicted octanol–water partition coefficient (Wildman–Crippen LogP) is 3.25. The zero-order chi connectivity index (χ0) is 12.1. The molecule has 1 fully saturated rings. The maximum atomic E-state index is 5.73. The summed E-state index contributed by atoms with van der Waals surface area (Å²) in [5, 5.41) is 0. The number of benzene rings is 1. The van der Waals surface area contributed by atoms with Gasteiger partial charge in [0.2, 0.25) is 0 Å². The van der Waals surface area contributed by atoms with E-state index in [-0.39, 0.29) is 0 Å². The van der Waals surface area contributed by atoms with Crippen LogP contribution in [0.4, 0.5) is 0 Å². The molecule has 0 radical (unpaired) electrons. The zero-order valence-electron chi connectivity index (χ0n) is 10.2. The van der Waals surface area contributed by atoms with E-state index in [1.54, 1.807) is 0 Å². The molecule has 1 saturated carbocycles. The number of hydrazine groups is 1. The lowest BCUT2D eigenvalue weighted by atomic mass is 9.82. The van der Waals surface area contributed by atoms with Crippen LogP contribution in [-0.2, 0) is 6.42 Å². The summed E-state index contributed by atoms with van der Waals surface area (Å²) in [7, 11) is 0. The van der Waals surface area contributed by atoms with Crippen LogP contribution >= 0.6 is 22.6 Å². The molecule has 1 aliphatic carbocycles. The van der Waals surface area contributed by atoms with Gasteiger partial charge in [0.15, 0.2) is 0 Å². The van der Waals surface area contributed by atoms with Crippen LogP contribution in [0.15, 0.2) is 24.3 Å². The van der Waals surface area contributed by atoms with E-state index < -0.39 is 0 Å². The van der Waals surface area contributed by atoms with Crippen molar-refractivity contribution in [3.63, 3.8) is 0 Å². The average molecular weight is 344 g/mol. The first-order valence-electron chi connectivity index (χ1n) is 6.50. The van der Waals surface area contributed by atoms with Crippen molar-refractivity contribution in [3.8, 4) is 0 Å². The second-order valence-electron chi connectivity index (χ2n) is 5.00. The minimum absolute atomic E-state index is 0.440. The summed E-state index contributed by atoms with van der Waals surface area (Å²) in [6.07, 6.45) is 7.86. The molecule has 0 saturated heterocycles. The summed E-state index contributed by atoms with van der Waals surface area (Å²) in [5.74, 6) is 6.49. The van der Waals surface area contributed by atoms with Crippen LogP contribution in [0.1, 0.15) is 37.7 Å². The van der Waals surface area contributed by atoms with Crippen LogP contribution < -0.4 is 11.3 Å². The molecule has 1 aliphatic rings. The Balaban J connectivity index is 1.96. The van der Waals surface area contributed by atoms with Gasteiger partial charge in [-0.05, 0) is 65.5 Å². The van der Waals surface area contributed by atoms with Gasteiger partial charge in [0.05, 0.1) is 0 Å². The first-order valence-corrected chi connectivity index (χ1v) is 7.58. The summed E-state index contributed by atoms with van der Waals surface area (Å²) in [6, 6.07) is 9.22.